The van der Waals surface area contributed by atoms with Gasteiger partial charge in [-0.25, -0.2) is 4.57 Å². The highest BCUT2D eigenvalue weighted by atomic mass is 31.2. The van der Waals surface area contributed by atoms with E-state index in [0.717, 1.165) is 38.5 Å². The summed E-state index contributed by atoms with van der Waals surface area (Å²) >= 11 is 0. The Hall–Kier alpha value is -0.500. The van der Waals surface area contributed by atoms with Gasteiger partial charge in [-0.2, -0.15) is 0 Å². The van der Waals surface area contributed by atoms with Gasteiger partial charge in [0.1, 0.15) is 0 Å². The molecule has 0 bridgehead atoms. The number of phosphoric acid groups is 1. The zero-order valence-corrected chi connectivity index (χ0v) is 35.5. The van der Waals surface area contributed by atoms with Crippen LogP contribution in [-0.4, -0.2) is 47.8 Å². The molecule has 5 N–H and O–H groups in total. The second-order valence-corrected chi connectivity index (χ2v) is 17.1. The van der Waals surface area contributed by atoms with E-state index in [4.69, 9.17) is 14.8 Å². The van der Waals surface area contributed by atoms with Gasteiger partial charge in [0.2, 0.25) is 5.91 Å². The van der Waals surface area contributed by atoms with Crippen LogP contribution < -0.4 is 11.1 Å². The zero-order valence-electron chi connectivity index (χ0n) is 34.6. The van der Waals surface area contributed by atoms with Gasteiger partial charge in [0.15, 0.2) is 0 Å². The molecule has 0 heterocycles. The summed E-state index contributed by atoms with van der Waals surface area (Å²) in [4.78, 5) is 22.7. The average Bonchev–Trinajstić information content (AvgIpc) is 3.13. The molecule has 0 aromatic heterocycles. The van der Waals surface area contributed by atoms with Crippen molar-refractivity contribution in [1.29, 1.82) is 0 Å². The summed E-state index contributed by atoms with van der Waals surface area (Å²) in [7, 11) is -4.30. The van der Waals surface area contributed by atoms with Crippen LogP contribution in [0.2, 0.25) is 0 Å². The lowest BCUT2D eigenvalue weighted by molar-refractivity contribution is -0.123. The van der Waals surface area contributed by atoms with E-state index in [2.05, 4.69) is 19.2 Å². The number of hydrogen-bond donors (Lipinski definition) is 4. The van der Waals surface area contributed by atoms with E-state index in [9.17, 15) is 19.4 Å². The van der Waals surface area contributed by atoms with Crippen molar-refractivity contribution in [2.45, 2.75) is 251 Å². The average molecular weight is 761 g/mol. The van der Waals surface area contributed by atoms with Crippen molar-refractivity contribution in [3.63, 3.8) is 0 Å². The molecule has 0 aromatic carbocycles. The normalized spacial score (nSPS) is 14.0. The van der Waals surface area contributed by atoms with Crippen molar-refractivity contribution < 1.29 is 28.4 Å². The largest absolute Gasteiger partial charge is 0.472 e. The maximum absolute atomic E-state index is 12.8. The van der Waals surface area contributed by atoms with Gasteiger partial charge < -0.3 is 21.1 Å². The topological polar surface area (TPSA) is 131 Å². The quantitative estimate of drug-likeness (QED) is 0.0359. The molecule has 0 aliphatic heterocycles. The first-order chi connectivity index (χ1) is 25.4. The SMILES string of the molecule is CCCCCCCCCCCCCCCCCCCCCCCCCC(=O)N[C@@H](COP(=O)(O)OCCN)[C@H](O)CCCCCCCCCCCC. The number of aliphatic hydroxyl groups excluding tert-OH is 1. The number of amides is 1. The van der Waals surface area contributed by atoms with E-state index < -0.39 is 20.0 Å². The van der Waals surface area contributed by atoms with Crippen molar-refractivity contribution in [2.75, 3.05) is 19.8 Å². The van der Waals surface area contributed by atoms with Gasteiger partial charge in [-0.05, 0) is 12.8 Å². The first kappa shape index (κ1) is 51.5. The van der Waals surface area contributed by atoms with Gasteiger partial charge in [-0.3, -0.25) is 13.8 Å². The molecular formula is C43H89N2O6P. The summed E-state index contributed by atoms with van der Waals surface area (Å²) in [6.45, 7) is 4.22. The minimum absolute atomic E-state index is 0.0923. The molecule has 0 saturated carbocycles. The number of nitrogens with two attached hydrogens (primary N) is 1. The Balaban J connectivity index is 3.95. The van der Waals surface area contributed by atoms with Crippen molar-refractivity contribution >= 4 is 13.7 Å². The summed E-state index contributed by atoms with van der Waals surface area (Å²) in [5.74, 6) is -0.158. The third kappa shape index (κ3) is 37.8. The summed E-state index contributed by atoms with van der Waals surface area (Å²) in [5.41, 5.74) is 5.37. The minimum Gasteiger partial charge on any atom is -0.391 e. The number of rotatable bonds is 43. The molecule has 1 unspecified atom stereocenters. The number of unbranched alkanes of at least 4 members (excludes halogenated alkanes) is 31. The minimum atomic E-state index is -4.30. The van der Waals surface area contributed by atoms with E-state index in [0.29, 0.717) is 12.8 Å². The Morgan fingerprint density at radius 3 is 1.23 bits per heavy atom. The van der Waals surface area contributed by atoms with Crippen LogP contribution in [0.15, 0.2) is 0 Å². The Morgan fingerprint density at radius 1 is 0.558 bits per heavy atom. The fraction of sp³-hybridized carbons (Fsp3) is 0.977. The summed E-state index contributed by atoms with van der Waals surface area (Å²) < 4.78 is 22.1. The number of phosphoric ester groups is 1. The van der Waals surface area contributed by atoms with Gasteiger partial charge in [0.05, 0.1) is 25.4 Å². The van der Waals surface area contributed by atoms with Gasteiger partial charge >= 0.3 is 7.82 Å². The maximum atomic E-state index is 12.8. The number of carbonyl (C=O) groups excluding carboxylic acids is 1. The van der Waals surface area contributed by atoms with Crippen molar-refractivity contribution in [3.8, 4) is 0 Å². The predicted molar refractivity (Wildman–Crippen MR) is 222 cm³/mol. The fourth-order valence-corrected chi connectivity index (χ4v) is 7.78. The van der Waals surface area contributed by atoms with Gasteiger partial charge in [0.25, 0.3) is 0 Å². The molecule has 0 aliphatic rings. The molecule has 0 aliphatic carbocycles. The number of hydrogen-bond acceptors (Lipinski definition) is 6. The van der Waals surface area contributed by atoms with E-state index in [1.54, 1.807) is 0 Å². The molecule has 0 fully saturated rings. The standard InChI is InChI=1S/C43H89N2O6P/c1-3-5-7-9-11-13-15-16-17-18-19-20-21-22-23-24-25-26-27-29-31-33-35-37-43(47)45-41(40-51-52(48,49)50-39-38-44)42(46)36-34-32-30-28-14-12-10-8-6-4-2/h41-42,46H,3-40,44H2,1-2H3,(H,45,47)(H,48,49)/t41-,42+/m0/s1. The van der Waals surface area contributed by atoms with Crippen LogP contribution in [0.25, 0.3) is 0 Å². The highest BCUT2D eigenvalue weighted by Gasteiger charge is 2.27. The summed E-state index contributed by atoms with van der Waals surface area (Å²) in [5, 5.41) is 13.8. The molecule has 1 amide bonds. The Labute approximate surface area is 322 Å². The van der Waals surface area contributed by atoms with Crippen molar-refractivity contribution in [3.05, 3.63) is 0 Å². The summed E-state index contributed by atoms with van der Waals surface area (Å²) in [6, 6.07) is -0.766. The molecular weight excluding hydrogens is 671 g/mol. The van der Waals surface area contributed by atoms with Gasteiger partial charge in [-0.15, -0.1) is 0 Å². The van der Waals surface area contributed by atoms with Crippen LogP contribution in [0, 0.1) is 0 Å². The van der Waals surface area contributed by atoms with Crippen molar-refractivity contribution in [2.24, 2.45) is 5.73 Å². The second kappa shape index (κ2) is 40.2. The molecule has 0 spiro atoms. The fourth-order valence-electron chi connectivity index (χ4n) is 7.02. The van der Waals surface area contributed by atoms with Crippen LogP contribution in [0.5, 0.6) is 0 Å². The second-order valence-electron chi connectivity index (χ2n) is 15.6. The predicted octanol–water partition coefficient (Wildman–Crippen LogP) is 12.6. The van der Waals surface area contributed by atoms with E-state index in [1.165, 1.54) is 173 Å². The molecule has 8 nitrogen and oxygen atoms in total. The lowest BCUT2D eigenvalue weighted by Crippen LogP contribution is -2.46. The molecule has 0 rings (SSSR count). The van der Waals surface area contributed by atoms with Crippen LogP contribution >= 0.6 is 7.82 Å². The Morgan fingerprint density at radius 2 is 0.885 bits per heavy atom. The third-order valence-corrected chi connectivity index (χ3v) is 11.4. The Bertz CT molecular complexity index is 789. The monoisotopic (exact) mass is 761 g/mol. The molecule has 0 aromatic rings. The van der Waals surface area contributed by atoms with Crippen LogP contribution in [-0.2, 0) is 18.4 Å². The third-order valence-electron chi connectivity index (χ3n) is 10.5. The molecule has 3 atom stereocenters. The van der Waals surface area contributed by atoms with Gasteiger partial charge in [0, 0.05) is 13.0 Å². The molecule has 312 valence electrons. The van der Waals surface area contributed by atoms with Crippen molar-refractivity contribution in [1.82, 2.24) is 5.32 Å². The summed E-state index contributed by atoms with van der Waals surface area (Å²) in [6.07, 6.45) is 42.7. The smallest absolute Gasteiger partial charge is 0.391 e. The van der Waals surface area contributed by atoms with Crippen LogP contribution in [0.4, 0.5) is 0 Å². The zero-order chi connectivity index (χ0) is 38.2. The highest BCUT2D eigenvalue weighted by molar-refractivity contribution is 7.47. The lowest BCUT2D eigenvalue weighted by atomic mass is 10.0. The maximum Gasteiger partial charge on any atom is 0.472 e. The van der Waals surface area contributed by atoms with Gasteiger partial charge in [-0.1, -0.05) is 219 Å². The first-order valence-corrected chi connectivity index (χ1v) is 24.1. The van der Waals surface area contributed by atoms with Crippen LogP contribution in [0.1, 0.15) is 239 Å². The molecule has 52 heavy (non-hydrogen) atoms. The molecule has 9 heteroatoms. The number of nitrogens with one attached hydrogen (secondary N) is 1. The van der Waals surface area contributed by atoms with E-state index >= 15 is 0 Å². The number of aliphatic hydroxyl groups is 1. The Kier molecular flexibility index (Phi) is 39.8. The number of carbonyl (C=O) groups is 1. The molecule has 0 radical (unpaired) electrons. The highest BCUT2D eigenvalue weighted by Crippen LogP contribution is 2.43. The van der Waals surface area contributed by atoms with E-state index in [-0.39, 0.29) is 25.7 Å². The lowest BCUT2D eigenvalue weighted by Gasteiger charge is -2.25. The first-order valence-electron chi connectivity index (χ1n) is 22.7. The van der Waals surface area contributed by atoms with Crippen LogP contribution in [0.3, 0.4) is 0 Å². The van der Waals surface area contributed by atoms with E-state index in [1.807, 2.05) is 0 Å². The molecule has 0 saturated heterocycles.